The summed E-state index contributed by atoms with van der Waals surface area (Å²) in [4.78, 5) is 82.5. The summed E-state index contributed by atoms with van der Waals surface area (Å²) in [6.45, 7) is -1.56. The van der Waals surface area contributed by atoms with E-state index in [9.17, 15) is 33.6 Å². The summed E-state index contributed by atoms with van der Waals surface area (Å²) >= 11 is 0. The van der Waals surface area contributed by atoms with Crippen molar-refractivity contribution >= 4 is 41.5 Å². The van der Waals surface area contributed by atoms with E-state index in [0.717, 1.165) is 9.80 Å². The van der Waals surface area contributed by atoms with E-state index in [2.05, 4.69) is 21.3 Å². The van der Waals surface area contributed by atoms with Gasteiger partial charge in [0.25, 0.3) is 0 Å². The van der Waals surface area contributed by atoms with Crippen molar-refractivity contribution in [2.45, 2.75) is 13.3 Å². The molecule has 15 nitrogen and oxygen atoms in total. The molecule has 0 radical (unpaired) electrons. The minimum absolute atomic E-state index is 0.0291. The zero-order chi connectivity index (χ0) is 25.4. The van der Waals surface area contributed by atoms with Crippen molar-refractivity contribution in [3.8, 4) is 0 Å². The number of amides is 5. The fourth-order valence-electron chi connectivity index (χ4n) is 2.39. The molecule has 5 amide bonds. The van der Waals surface area contributed by atoms with E-state index in [1.165, 1.54) is 14.0 Å². The second-order valence-corrected chi connectivity index (χ2v) is 6.65. The van der Waals surface area contributed by atoms with Crippen LogP contribution >= 0.6 is 0 Å². The van der Waals surface area contributed by atoms with Crippen LogP contribution in [0.2, 0.25) is 0 Å². The van der Waals surface area contributed by atoms with Crippen LogP contribution in [0.1, 0.15) is 13.3 Å². The predicted octanol–water partition coefficient (Wildman–Crippen LogP) is -4.21. The summed E-state index contributed by atoms with van der Waals surface area (Å²) in [7, 11) is 1.53. The molecule has 186 valence electrons. The lowest BCUT2D eigenvalue weighted by atomic mass is 10.3. The number of nitrogens with one attached hydrogen (secondary N) is 4. The highest BCUT2D eigenvalue weighted by atomic mass is 16.4. The molecule has 0 rings (SSSR count). The second kappa shape index (κ2) is 16.0. The minimum atomic E-state index is -1.35. The van der Waals surface area contributed by atoms with Gasteiger partial charge < -0.3 is 41.3 Å². The highest BCUT2D eigenvalue weighted by Gasteiger charge is 2.21. The lowest BCUT2D eigenvalue weighted by Crippen LogP contribution is -2.48. The van der Waals surface area contributed by atoms with Gasteiger partial charge in [0.1, 0.15) is 26.2 Å². The maximum atomic E-state index is 12.1. The van der Waals surface area contributed by atoms with Gasteiger partial charge in [-0.25, -0.2) is 0 Å². The van der Waals surface area contributed by atoms with Crippen LogP contribution in [-0.2, 0) is 33.6 Å². The van der Waals surface area contributed by atoms with Crippen molar-refractivity contribution in [1.82, 2.24) is 31.1 Å². The van der Waals surface area contributed by atoms with E-state index in [-0.39, 0.29) is 26.1 Å². The number of likely N-dealkylation sites (N-methyl/N-ethyl adjacent to an activating group) is 1. The number of hydrogen-bond acceptors (Lipinski definition) is 8. The normalized spacial score (nSPS) is 10.0. The average molecular weight is 474 g/mol. The highest BCUT2D eigenvalue weighted by molar-refractivity contribution is 5.91. The van der Waals surface area contributed by atoms with Crippen molar-refractivity contribution in [2.24, 2.45) is 0 Å². The molecule has 6 N–H and O–H groups in total. The maximum Gasteiger partial charge on any atom is 0.323 e. The van der Waals surface area contributed by atoms with Gasteiger partial charge in [0.15, 0.2) is 0 Å². The van der Waals surface area contributed by atoms with Crippen LogP contribution < -0.4 is 21.3 Å². The van der Waals surface area contributed by atoms with Gasteiger partial charge in [0.05, 0.1) is 13.1 Å². The summed E-state index contributed by atoms with van der Waals surface area (Å²) in [6, 6.07) is 0. The molecule has 0 aromatic carbocycles. The molecule has 0 heterocycles. The molecule has 0 aromatic rings. The van der Waals surface area contributed by atoms with Gasteiger partial charge in [-0.15, -0.1) is 0 Å². The Balaban J connectivity index is 4.52. The first-order valence-electron chi connectivity index (χ1n) is 9.93. The number of hydrogen-bond donors (Lipinski definition) is 6. The number of aliphatic carboxylic acids is 2. The zero-order valence-electron chi connectivity index (χ0n) is 18.5. The zero-order valence-corrected chi connectivity index (χ0v) is 18.5. The molecule has 0 atom stereocenters. The Morgan fingerprint density at radius 1 is 0.636 bits per heavy atom. The quantitative estimate of drug-likeness (QED) is 0.119. The lowest BCUT2D eigenvalue weighted by molar-refractivity contribution is -0.146. The Labute approximate surface area is 189 Å². The predicted molar refractivity (Wildman–Crippen MR) is 112 cm³/mol. The van der Waals surface area contributed by atoms with E-state index < -0.39 is 74.2 Å². The van der Waals surface area contributed by atoms with Crippen molar-refractivity contribution in [1.29, 1.82) is 0 Å². The molecule has 0 fully saturated rings. The fraction of sp³-hybridized carbons (Fsp3) is 0.611. The van der Waals surface area contributed by atoms with Crippen LogP contribution in [0.25, 0.3) is 0 Å². The second-order valence-electron chi connectivity index (χ2n) is 6.65. The first-order chi connectivity index (χ1) is 15.5. The van der Waals surface area contributed by atoms with Gasteiger partial charge in [-0.1, -0.05) is 6.92 Å². The van der Waals surface area contributed by atoms with E-state index in [1.54, 1.807) is 0 Å². The first kappa shape index (κ1) is 29.2. The molecule has 0 saturated carbocycles. The van der Waals surface area contributed by atoms with E-state index in [4.69, 9.17) is 10.2 Å². The third-order valence-corrected chi connectivity index (χ3v) is 3.87. The van der Waals surface area contributed by atoms with Gasteiger partial charge in [0.2, 0.25) is 29.5 Å². The molecule has 0 aromatic heterocycles. The van der Waals surface area contributed by atoms with Gasteiger partial charge in [-0.3, -0.25) is 33.6 Å². The van der Waals surface area contributed by atoms with Gasteiger partial charge in [-0.2, -0.15) is 0 Å². The van der Waals surface area contributed by atoms with Crippen LogP contribution in [0, 0.1) is 0 Å². The van der Waals surface area contributed by atoms with E-state index in [0.29, 0.717) is 0 Å². The smallest absolute Gasteiger partial charge is 0.323 e. The largest absolute Gasteiger partial charge is 0.480 e. The molecule has 0 saturated heterocycles. The molecular weight excluding hydrogens is 444 g/mol. The average Bonchev–Trinajstić information content (AvgIpc) is 2.73. The monoisotopic (exact) mass is 474 g/mol. The Morgan fingerprint density at radius 3 is 1.48 bits per heavy atom. The number of carboxylic acid groups (broad SMARTS) is 2. The van der Waals surface area contributed by atoms with Crippen molar-refractivity contribution in [2.75, 3.05) is 59.4 Å². The molecule has 33 heavy (non-hydrogen) atoms. The fourth-order valence-corrected chi connectivity index (χ4v) is 2.39. The Morgan fingerprint density at radius 2 is 1.09 bits per heavy atom. The van der Waals surface area contributed by atoms with Crippen molar-refractivity contribution in [3.63, 3.8) is 0 Å². The van der Waals surface area contributed by atoms with Crippen molar-refractivity contribution in [3.05, 3.63) is 0 Å². The molecule has 0 aliphatic carbocycles. The van der Waals surface area contributed by atoms with Crippen molar-refractivity contribution < 1.29 is 43.8 Å². The summed E-state index contributed by atoms with van der Waals surface area (Å²) < 4.78 is 0. The minimum Gasteiger partial charge on any atom is -0.480 e. The topological polar surface area (TPSA) is 215 Å². The Bertz CT molecular complexity index is 743. The van der Waals surface area contributed by atoms with Crippen LogP contribution in [0.5, 0.6) is 0 Å². The summed E-state index contributed by atoms with van der Waals surface area (Å²) in [5.41, 5.74) is 0. The SMILES string of the molecule is CCC(=O)N(CC(=O)O)CC(=O)NCCNC(=O)CN(CC(=O)O)C(=O)CNC(=O)CNC. The molecule has 0 aliphatic rings. The summed E-state index contributed by atoms with van der Waals surface area (Å²) in [6.07, 6.45) is 0.0291. The Kier molecular flexibility index (Phi) is 14.1. The number of carbonyl (C=O) groups excluding carboxylic acids is 5. The third-order valence-electron chi connectivity index (χ3n) is 3.87. The van der Waals surface area contributed by atoms with Gasteiger partial charge in [-0.05, 0) is 7.05 Å². The standard InChI is InChI=1S/C18H30N6O9/c1-3-15(28)23(10-17(30)31)8-13(26)20-4-5-21-14(27)9-24(11-18(32)33)16(29)7-22-12(25)6-19-2/h19H,3-11H2,1-2H3,(H,20,26)(H,21,27)(H,22,25)(H,30,31)(H,32,33). The number of rotatable bonds is 16. The van der Waals surface area contributed by atoms with Gasteiger partial charge in [0, 0.05) is 19.5 Å². The Hall–Kier alpha value is -3.75. The molecule has 0 unspecified atom stereocenters. The third kappa shape index (κ3) is 14.0. The number of carboxylic acids is 2. The van der Waals surface area contributed by atoms with E-state index in [1.807, 2.05) is 0 Å². The summed E-state index contributed by atoms with van der Waals surface area (Å²) in [5, 5.41) is 27.4. The molecular formula is C18H30N6O9. The van der Waals surface area contributed by atoms with Crippen LogP contribution in [0.3, 0.4) is 0 Å². The molecule has 0 bridgehead atoms. The molecule has 0 aliphatic heterocycles. The molecule has 15 heteroatoms. The lowest BCUT2D eigenvalue weighted by Gasteiger charge is -2.21. The van der Waals surface area contributed by atoms with E-state index >= 15 is 0 Å². The van der Waals surface area contributed by atoms with Crippen LogP contribution in [0.15, 0.2) is 0 Å². The molecule has 0 spiro atoms. The number of carbonyl (C=O) groups is 7. The van der Waals surface area contributed by atoms with Crippen LogP contribution in [0.4, 0.5) is 0 Å². The van der Waals surface area contributed by atoms with Gasteiger partial charge >= 0.3 is 11.9 Å². The summed E-state index contributed by atoms with van der Waals surface area (Å²) in [5.74, 6) is -5.71. The highest BCUT2D eigenvalue weighted by Crippen LogP contribution is 1.94. The number of nitrogens with zero attached hydrogens (tertiary/aromatic N) is 2. The first-order valence-corrected chi connectivity index (χ1v) is 9.93. The maximum absolute atomic E-state index is 12.1. The van der Waals surface area contributed by atoms with Crippen LogP contribution in [-0.4, -0.2) is 121 Å².